The molecule has 7 nitrogen and oxygen atoms in total. The maximum atomic E-state index is 12.3. The van der Waals surface area contributed by atoms with E-state index in [2.05, 4.69) is 27.4 Å². The third-order valence-electron chi connectivity index (χ3n) is 4.26. The lowest BCUT2D eigenvalue weighted by molar-refractivity contribution is -0.113. The van der Waals surface area contributed by atoms with Gasteiger partial charge in [0.1, 0.15) is 11.4 Å². The summed E-state index contributed by atoms with van der Waals surface area (Å²) in [5.41, 5.74) is 2.88. The largest absolute Gasteiger partial charge is 0.497 e. The first-order valence-corrected chi connectivity index (χ1v) is 10.2. The highest BCUT2D eigenvalue weighted by Gasteiger charge is 2.09. The summed E-state index contributed by atoms with van der Waals surface area (Å²) in [6.07, 6.45) is 1.32. The minimum atomic E-state index is -0.311. The molecule has 0 atom stereocenters. The fourth-order valence-electron chi connectivity index (χ4n) is 2.62. The van der Waals surface area contributed by atoms with Gasteiger partial charge in [-0.05, 0) is 41.8 Å². The van der Waals surface area contributed by atoms with Crippen molar-refractivity contribution in [3.8, 4) is 5.75 Å². The summed E-state index contributed by atoms with van der Waals surface area (Å²) in [6, 6.07) is 15.1. The summed E-state index contributed by atoms with van der Waals surface area (Å²) in [5.74, 6) is 0.696. The van der Waals surface area contributed by atoms with Crippen LogP contribution in [0.15, 0.2) is 58.5 Å². The van der Waals surface area contributed by atoms with Gasteiger partial charge < -0.3 is 10.1 Å². The highest BCUT2D eigenvalue weighted by molar-refractivity contribution is 7.99. The van der Waals surface area contributed by atoms with E-state index < -0.39 is 0 Å². The second-order valence-electron chi connectivity index (χ2n) is 6.32. The number of nitrogens with one attached hydrogen (secondary N) is 2. The number of ether oxygens (including phenoxy) is 1. The molecule has 0 aliphatic rings. The van der Waals surface area contributed by atoms with E-state index in [1.165, 1.54) is 5.56 Å². The zero-order chi connectivity index (χ0) is 20.6. The van der Waals surface area contributed by atoms with Crippen LogP contribution in [-0.4, -0.2) is 34.0 Å². The average Bonchev–Trinajstić information content (AvgIpc) is 2.75. The van der Waals surface area contributed by atoms with Crippen LogP contribution in [0.5, 0.6) is 5.75 Å². The van der Waals surface area contributed by atoms with Gasteiger partial charge >= 0.3 is 0 Å². The summed E-state index contributed by atoms with van der Waals surface area (Å²) in [7, 11) is 1.60. The lowest BCUT2D eigenvalue weighted by Gasteiger charge is -2.06. The zero-order valence-electron chi connectivity index (χ0n) is 16.3. The third-order valence-corrected chi connectivity index (χ3v) is 5.12. The Morgan fingerprint density at radius 2 is 1.76 bits per heavy atom. The third kappa shape index (κ3) is 5.92. The van der Waals surface area contributed by atoms with Gasteiger partial charge in [0.15, 0.2) is 5.16 Å². The number of aryl methyl sites for hydroxylation is 1. The van der Waals surface area contributed by atoms with Crippen molar-refractivity contribution in [2.45, 2.75) is 24.9 Å². The Morgan fingerprint density at radius 3 is 2.38 bits per heavy atom. The van der Waals surface area contributed by atoms with Crippen molar-refractivity contribution < 1.29 is 9.53 Å². The number of hydrogen-bond donors (Lipinski definition) is 2. The van der Waals surface area contributed by atoms with Gasteiger partial charge in [0, 0.05) is 12.1 Å². The van der Waals surface area contributed by atoms with E-state index in [4.69, 9.17) is 4.74 Å². The van der Waals surface area contributed by atoms with E-state index in [0.29, 0.717) is 17.3 Å². The van der Waals surface area contributed by atoms with Crippen molar-refractivity contribution in [3.05, 3.63) is 75.7 Å². The fraction of sp³-hybridized carbons (Fsp3) is 0.238. The minimum absolute atomic E-state index is 0.123. The van der Waals surface area contributed by atoms with Gasteiger partial charge in [0.05, 0.1) is 12.9 Å². The molecule has 0 radical (unpaired) electrons. The van der Waals surface area contributed by atoms with Crippen LogP contribution in [0.2, 0.25) is 0 Å². The van der Waals surface area contributed by atoms with Crippen molar-refractivity contribution in [1.29, 1.82) is 0 Å². The fourth-order valence-corrected chi connectivity index (χ4v) is 3.22. The van der Waals surface area contributed by atoms with Gasteiger partial charge in [-0.15, -0.1) is 10.2 Å². The first kappa shape index (κ1) is 20.6. The quantitative estimate of drug-likeness (QED) is 0.554. The van der Waals surface area contributed by atoms with Gasteiger partial charge in [0.25, 0.3) is 5.56 Å². The van der Waals surface area contributed by atoms with Gasteiger partial charge in [-0.2, -0.15) is 0 Å². The van der Waals surface area contributed by atoms with Crippen LogP contribution in [0.1, 0.15) is 23.7 Å². The monoisotopic (exact) mass is 410 g/mol. The van der Waals surface area contributed by atoms with Crippen molar-refractivity contribution in [3.63, 3.8) is 0 Å². The lowest BCUT2D eigenvalue weighted by atomic mass is 10.1. The van der Waals surface area contributed by atoms with Crippen LogP contribution < -0.4 is 15.6 Å². The highest BCUT2D eigenvalue weighted by Crippen LogP contribution is 2.15. The predicted octanol–water partition coefficient (Wildman–Crippen LogP) is 3.06. The van der Waals surface area contributed by atoms with Crippen molar-refractivity contribution in [1.82, 2.24) is 15.2 Å². The molecule has 0 bridgehead atoms. The van der Waals surface area contributed by atoms with E-state index in [9.17, 15) is 9.59 Å². The molecule has 0 saturated heterocycles. The van der Waals surface area contributed by atoms with Crippen LogP contribution in [0.3, 0.4) is 0 Å². The topological polar surface area (TPSA) is 97.0 Å². The summed E-state index contributed by atoms with van der Waals surface area (Å²) in [5, 5.41) is 11.2. The number of aromatic nitrogens is 3. The number of anilines is 1. The van der Waals surface area contributed by atoms with E-state index in [-0.39, 0.29) is 17.2 Å². The molecule has 3 rings (SSSR count). The number of carbonyl (C=O) groups is 1. The standard InChI is InChI=1S/C21H22N4O3S/c1-3-14-4-8-16(9-5-14)22-19(26)13-29-21-23-20(27)18(24-25-21)12-15-6-10-17(28-2)11-7-15/h4-11H,3,12-13H2,1-2H3,(H,22,26)(H,23,25,27). The van der Waals surface area contributed by atoms with E-state index in [1.54, 1.807) is 7.11 Å². The Hall–Kier alpha value is -3.13. The van der Waals surface area contributed by atoms with Crippen LogP contribution in [0, 0.1) is 0 Å². The molecule has 2 N–H and O–H groups in total. The van der Waals surface area contributed by atoms with Crippen molar-refractivity contribution in [2.24, 2.45) is 0 Å². The number of methoxy groups -OCH3 is 1. The van der Waals surface area contributed by atoms with E-state index in [1.807, 2.05) is 48.5 Å². The molecule has 1 aromatic heterocycles. The summed E-state index contributed by atoms with van der Waals surface area (Å²) >= 11 is 1.13. The van der Waals surface area contributed by atoms with Crippen molar-refractivity contribution >= 4 is 23.4 Å². The smallest absolute Gasteiger partial charge is 0.273 e. The zero-order valence-corrected chi connectivity index (χ0v) is 17.1. The molecule has 0 aliphatic carbocycles. The molecule has 1 heterocycles. The van der Waals surface area contributed by atoms with Crippen molar-refractivity contribution in [2.75, 3.05) is 18.2 Å². The predicted molar refractivity (Wildman–Crippen MR) is 114 cm³/mol. The summed E-state index contributed by atoms with van der Waals surface area (Å²) in [6.45, 7) is 2.08. The Morgan fingerprint density at radius 1 is 1.07 bits per heavy atom. The molecule has 0 spiro atoms. The molecule has 2 aromatic carbocycles. The van der Waals surface area contributed by atoms with Crippen LogP contribution in [0.4, 0.5) is 5.69 Å². The summed E-state index contributed by atoms with van der Waals surface area (Å²) < 4.78 is 5.12. The molecular formula is C21H22N4O3S. The Kier molecular flexibility index (Phi) is 7.02. The normalized spacial score (nSPS) is 10.6. The van der Waals surface area contributed by atoms with Gasteiger partial charge in [-0.25, -0.2) is 0 Å². The molecule has 1 amide bonds. The molecule has 3 aromatic rings. The molecule has 29 heavy (non-hydrogen) atoms. The molecule has 150 valence electrons. The number of rotatable bonds is 8. The second-order valence-corrected chi connectivity index (χ2v) is 7.28. The number of carbonyl (C=O) groups excluding carboxylic acids is 1. The number of H-pyrrole nitrogens is 1. The molecule has 0 saturated carbocycles. The van der Waals surface area contributed by atoms with E-state index in [0.717, 1.165) is 35.2 Å². The Balaban J connectivity index is 1.55. The van der Waals surface area contributed by atoms with Crippen LogP contribution >= 0.6 is 11.8 Å². The number of nitrogens with zero attached hydrogens (tertiary/aromatic N) is 2. The number of thioether (sulfide) groups is 1. The highest BCUT2D eigenvalue weighted by atomic mass is 32.2. The maximum absolute atomic E-state index is 12.3. The number of hydrogen-bond acceptors (Lipinski definition) is 6. The Labute approximate surface area is 172 Å². The lowest BCUT2D eigenvalue weighted by Crippen LogP contribution is -2.19. The molecular weight excluding hydrogens is 388 g/mol. The second kappa shape index (κ2) is 9.88. The molecule has 0 aliphatic heterocycles. The first-order valence-electron chi connectivity index (χ1n) is 9.17. The first-order chi connectivity index (χ1) is 14.1. The minimum Gasteiger partial charge on any atom is -0.497 e. The number of amides is 1. The van der Waals surface area contributed by atoms with E-state index >= 15 is 0 Å². The van der Waals surface area contributed by atoms with Gasteiger partial charge in [-0.1, -0.05) is 43.0 Å². The molecule has 8 heteroatoms. The maximum Gasteiger partial charge on any atom is 0.273 e. The van der Waals surface area contributed by atoms with Gasteiger partial charge in [0.2, 0.25) is 5.91 Å². The van der Waals surface area contributed by atoms with Gasteiger partial charge in [-0.3, -0.25) is 14.6 Å². The molecule has 0 unspecified atom stereocenters. The Bertz CT molecular complexity index is 1020. The summed E-state index contributed by atoms with van der Waals surface area (Å²) in [4.78, 5) is 27.1. The average molecular weight is 410 g/mol. The number of aromatic amines is 1. The number of benzene rings is 2. The van der Waals surface area contributed by atoms with Crippen LogP contribution in [0.25, 0.3) is 0 Å². The SMILES string of the molecule is CCc1ccc(NC(=O)CSc2nnc(Cc3ccc(OC)cc3)c(=O)[nH]2)cc1. The molecule has 0 fully saturated rings. The van der Waals surface area contributed by atoms with Crippen LogP contribution in [-0.2, 0) is 17.6 Å².